The third-order valence-electron chi connectivity index (χ3n) is 11.5. The minimum absolute atomic E-state index is 0. The molecule has 4 unspecified atom stereocenters. The van der Waals surface area contributed by atoms with Crippen LogP contribution in [0.4, 0.5) is 0 Å². The summed E-state index contributed by atoms with van der Waals surface area (Å²) in [7, 11) is 0. The zero-order chi connectivity index (χ0) is 46.9. The van der Waals surface area contributed by atoms with Gasteiger partial charge in [0.2, 0.25) is 0 Å². The molecule has 0 aliphatic heterocycles. The summed E-state index contributed by atoms with van der Waals surface area (Å²) in [5, 5.41) is 21.4. The predicted molar refractivity (Wildman–Crippen MR) is 258 cm³/mol. The number of hydrogen-bond donors (Lipinski definition) is 0. The number of carbonyl (C=O) groups is 4. The summed E-state index contributed by atoms with van der Waals surface area (Å²) in [6.45, 7) is 8.26. The Morgan fingerprint density at radius 1 is 0.415 bits per heavy atom. The molecule has 0 radical (unpaired) electrons. The first-order valence-corrected chi connectivity index (χ1v) is 25.1. The van der Waals surface area contributed by atoms with Crippen LogP contribution in [0.1, 0.15) is 219 Å². The largest absolute Gasteiger partial charge is 2.00 e. The van der Waals surface area contributed by atoms with Crippen molar-refractivity contribution in [1.82, 2.24) is 0 Å². The standard InChI is InChI=1S/2C27H44O5.Ba/c2*1-3-4-5-6-7-8-9-10-14-19-25(31-22-24-17-12-11-13-18-24)26(32-23(2)28)20-15-16-21-27(29)30;/h2*11-13,17-18,25-26H,3-10,14-16,19-22H2,1-2H3,(H,29,30);/q;;+2/p-2. The fraction of sp³-hybridized carbons (Fsp3) is 0.704. The normalized spacial score (nSPS) is 12.7. The Hall–Kier alpha value is -2.19. The Bertz CT molecular complexity index is 1320. The molecule has 0 saturated heterocycles. The zero-order valence-electron chi connectivity index (χ0n) is 41.1. The fourth-order valence-corrected chi connectivity index (χ4v) is 7.92. The number of carbonyl (C=O) groups excluding carboxylic acids is 4. The Kier molecular flexibility index (Phi) is 42.8. The Balaban J connectivity index is 0.00000124. The van der Waals surface area contributed by atoms with Crippen molar-refractivity contribution < 1.29 is 48.3 Å². The minimum atomic E-state index is -1.04. The third kappa shape index (κ3) is 38.5. The third-order valence-corrected chi connectivity index (χ3v) is 11.5. The molecule has 0 aliphatic rings. The number of aliphatic carboxylic acids is 2. The molecule has 364 valence electrons. The van der Waals surface area contributed by atoms with Crippen LogP contribution in [0, 0.1) is 0 Å². The summed E-state index contributed by atoms with van der Waals surface area (Å²) in [5.74, 6) is -2.73. The summed E-state index contributed by atoms with van der Waals surface area (Å²) >= 11 is 0. The number of rotatable bonds is 40. The zero-order valence-corrected chi connectivity index (χ0v) is 45.5. The van der Waals surface area contributed by atoms with Gasteiger partial charge in [-0.2, -0.15) is 0 Å². The molecule has 2 rings (SSSR count). The second-order valence-corrected chi connectivity index (χ2v) is 17.4. The number of unbranched alkanes of at least 4 members (excludes halogenated alkanes) is 18. The van der Waals surface area contributed by atoms with Crippen molar-refractivity contribution in [2.75, 3.05) is 0 Å². The molecule has 0 amide bonds. The summed E-state index contributed by atoms with van der Waals surface area (Å²) in [6.07, 6.45) is 26.7. The molecule has 0 aliphatic carbocycles. The number of hydrogen-bond acceptors (Lipinski definition) is 10. The van der Waals surface area contributed by atoms with E-state index in [0.717, 1.165) is 49.7 Å². The first-order chi connectivity index (χ1) is 31.0. The van der Waals surface area contributed by atoms with Crippen LogP contribution in [0.15, 0.2) is 60.7 Å². The van der Waals surface area contributed by atoms with Crippen molar-refractivity contribution in [3.63, 3.8) is 0 Å². The Morgan fingerprint density at radius 3 is 0.985 bits per heavy atom. The minimum Gasteiger partial charge on any atom is -0.550 e. The molecule has 0 aromatic heterocycles. The van der Waals surface area contributed by atoms with Gasteiger partial charge in [-0.3, -0.25) is 9.59 Å². The van der Waals surface area contributed by atoms with Crippen LogP contribution in [0.2, 0.25) is 0 Å². The van der Waals surface area contributed by atoms with E-state index in [2.05, 4.69) is 13.8 Å². The van der Waals surface area contributed by atoms with Gasteiger partial charge in [0.15, 0.2) is 0 Å². The SMILES string of the molecule is CCCCCCCCCCCC(OCc1ccccc1)C(CCCCC(=O)[O-])OC(C)=O.CCCCCCCCCCCC(OCc1ccccc1)C(CCCCC(=O)[O-])OC(C)=O.[Ba+2]. The maximum absolute atomic E-state index is 11.7. The molecule has 65 heavy (non-hydrogen) atoms. The first-order valence-electron chi connectivity index (χ1n) is 25.1. The van der Waals surface area contributed by atoms with E-state index in [4.69, 9.17) is 18.9 Å². The maximum atomic E-state index is 11.7. The van der Waals surface area contributed by atoms with Crippen LogP contribution in [-0.4, -0.2) is 97.2 Å². The monoisotopic (exact) mass is 1030 g/mol. The quantitative estimate of drug-likeness (QED) is 0.0358. The second-order valence-electron chi connectivity index (χ2n) is 17.4. The second kappa shape index (κ2) is 44.3. The molecule has 10 nitrogen and oxygen atoms in total. The Labute approximate surface area is 434 Å². The number of ether oxygens (including phenoxy) is 4. The molecule has 0 heterocycles. The molecule has 0 saturated carbocycles. The molecule has 2 aromatic rings. The van der Waals surface area contributed by atoms with E-state index in [1.54, 1.807) is 0 Å². The molecule has 11 heteroatoms. The van der Waals surface area contributed by atoms with E-state index >= 15 is 0 Å². The van der Waals surface area contributed by atoms with Gasteiger partial charge in [0.1, 0.15) is 12.2 Å². The van der Waals surface area contributed by atoms with Gasteiger partial charge >= 0.3 is 60.8 Å². The average Bonchev–Trinajstić information content (AvgIpc) is 3.27. The molecule has 0 spiro atoms. The molecule has 4 atom stereocenters. The van der Waals surface area contributed by atoms with E-state index in [1.165, 1.54) is 104 Å². The van der Waals surface area contributed by atoms with Crippen molar-refractivity contribution in [2.24, 2.45) is 0 Å². The molecular formula is C54H86BaO10. The molecule has 2 aromatic carbocycles. The fourth-order valence-electron chi connectivity index (χ4n) is 7.92. The van der Waals surface area contributed by atoms with Crippen molar-refractivity contribution in [1.29, 1.82) is 0 Å². The number of esters is 2. The average molecular weight is 1030 g/mol. The summed E-state index contributed by atoms with van der Waals surface area (Å²) < 4.78 is 23.7. The van der Waals surface area contributed by atoms with Crippen molar-refractivity contribution in [3.05, 3.63) is 71.8 Å². The topological polar surface area (TPSA) is 151 Å². The summed E-state index contributed by atoms with van der Waals surface area (Å²) in [6, 6.07) is 20.0. The van der Waals surface area contributed by atoms with Crippen LogP contribution in [0.25, 0.3) is 0 Å². The Morgan fingerprint density at radius 2 is 0.692 bits per heavy atom. The van der Waals surface area contributed by atoms with Gasteiger partial charge in [-0.15, -0.1) is 0 Å². The van der Waals surface area contributed by atoms with E-state index in [0.29, 0.717) is 51.7 Å². The predicted octanol–water partition coefficient (Wildman–Crippen LogP) is 11.1. The summed E-state index contributed by atoms with van der Waals surface area (Å²) in [5.41, 5.74) is 2.17. The van der Waals surface area contributed by atoms with E-state index in [1.807, 2.05) is 60.7 Å². The smallest absolute Gasteiger partial charge is 0.550 e. The van der Waals surface area contributed by atoms with Gasteiger partial charge < -0.3 is 38.7 Å². The van der Waals surface area contributed by atoms with Crippen LogP contribution in [0.3, 0.4) is 0 Å². The van der Waals surface area contributed by atoms with Crippen molar-refractivity contribution in [3.8, 4) is 0 Å². The first kappa shape index (κ1) is 62.8. The van der Waals surface area contributed by atoms with Gasteiger partial charge in [0, 0.05) is 25.8 Å². The van der Waals surface area contributed by atoms with E-state index < -0.39 is 11.9 Å². The van der Waals surface area contributed by atoms with Crippen molar-refractivity contribution in [2.45, 2.75) is 245 Å². The molecular weight excluding hydrogens is 946 g/mol. The van der Waals surface area contributed by atoms with E-state index in [9.17, 15) is 29.4 Å². The molecule has 0 bridgehead atoms. The van der Waals surface area contributed by atoms with Gasteiger partial charge in [0.05, 0.1) is 25.4 Å². The van der Waals surface area contributed by atoms with Crippen molar-refractivity contribution >= 4 is 72.8 Å². The number of carboxylic acid groups (broad SMARTS) is 2. The van der Waals surface area contributed by atoms with Gasteiger partial charge in [-0.25, -0.2) is 0 Å². The van der Waals surface area contributed by atoms with E-state index in [-0.39, 0.29) is 98.1 Å². The molecule has 0 fully saturated rings. The van der Waals surface area contributed by atoms with Crippen LogP contribution in [-0.2, 0) is 51.3 Å². The van der Waals surface area contributed by atoms with Gasteiger partial charge in [0.25, 0.3) is 0 Å². The van der Waals surface area contributed by atoms with Crippen LogP contribution < -0.4 is 10.2 Å². The van der Waals surface area contributed by atoms with Crippen LogP contribution >= 0.6 is 0 Å². The maximum Gasteiger partial charge on any atom is 2.00 e. The van der Waals surface area contributed by atoms with Gasteiger partial charge in [-0.05, 0) is 75.3 Å². The van der Waals surface area contributed by atoms with Gasteiger partial charge in [-0.1, -0.05) is 190 Å². The summed E-state index contributed by atoms with van der Waals surface area (Å²) in [4.78, 5) is 44.8. The van der Waals surface area contributed by atoms with Crippen LogP contribution in [0.5, 0.6) is 0 Å². The number of benzene rings is 2. The number of carboxylic acids is 2. The molecule has 0 N–H and O–H groups in total.